The van der Waals surface area contributed by atoms with E-state index < -0.39 is 42.5 Å². The highest BCUT2D eigenvalue weighted by atomic mass is 28.3. The van der Waals surface area contributed by atoms with Crippen molar-refractivity contribution < 1.29 is 23.9 Å². The molecule has 1 saturated carbocycles. The summed E-state index contributed by atoms with van der Waals surface area (Å²) >= 11 is 0. The fourth-order valence-corrected chi connectivity index (χ4v) is 10.5. The summed E-state index contributed by atoms with van der Waals surface area (Å²) in [6.07, 6.45) is 3.28. The van der Waals surface area contributed by atoms with Crippen molar-refractivity contribution in [2.24, 2.45) is 11.3 Å². The molecule has 2 aromatic carbocycles. The van der Waals surface area contributed by atoms with Crippen LogP contribution in [0.4, 0.5) is 11.4 Å². The van der Waals surface area contributed by atoms with E-state index >= 15 is 4.79 Å². The minimum absolute atomic E-state index is 0.118. The monoisotopic (exact) mass is 615 g/mol. The van der Waals surface area contributed by atoms with Gasteiger partial charge in [-0.25, -0.2) is 9.59 Å². The lowest BCUT2D eigenvalue weighted by molar-refractivity contribution is -0.154. The Morgan fingerprint density at radius 1 is 0.750 bits per heavy atom. The van der Waals surface area contributed by atoms with Gasteiger partial charge in [0.25, 0.3) is 0 Å². The average molecular weight is 616 g/mol. The Hall–Kier alpha value is -3.45. The van der Waals surface area contributed by atoms with E-state index in [4.69, 9.17) is 9.47 Å². The van der Waals surface area contributed by atoms with Gasteiger partial charge >= 0.3 is 11.9 Å². The summed E-state index contributed by atoms with van der Waals surface area (Å²) in [6, 6.07) is 21.9. The lowest BCUT2D eigenvalue weighted by Gasteiger charge is -2.41. The van der Waals surface area contributed by atoms with Crippen LogP contribution in [0.3, 0.4) is 0 Å². The van der Waals surface area contributed by atoms with Crippen LogP contribution in [0, 0.1) is 11.3 Å². The first-order valence-corrected chi connectivity index (χ1v) is 18.6. The molecule has 0 bridgehead atoms. The van der Waals surface area contributed by atoms with Crippen molar-refractivity contribution in [2.75, 3.05) is 4.90 Å². The maximum atomic E-state index is 15.1. The molecule has 6 nitrogen and oxygen atoms in total. The van der Waals surface area contributed by atoms with E-state index in [2.05, 4.69) is 26.8 Å². The molecule has 2 aromatic rings. The summed E-state index contributed by atoms with van der Waals surface area (Å²) in [5.41, 5.74) is -0.226. The zero-order valence-corrected chi connectivity index (χ0v) is 29.0. The lowest BCUT2D eigenvalue weighted by Crippen LogP contribution is -2.47. The Morgan fingerprint density at radius 2 is 1.18 bits per heavy atom. The first-order valence-electron chi connectivity index (χ1n) is 16.0. The van der Waals surface area contributed by atoms with Gasteiger partial charge < -0.3 is 9.47 Å². The molecule has 1 spiro atoms. The maximum Gasteiger partial charge on any atom is 0.339 e. The van der Waals surface area contributed by atoms with E-state index in [1.54, 1.807) is 4.90 Å². The zero-order valence-electron chi connectivity index (χ0n) is 28.0. The number of benzene rings is 2. The number of hydrogen-bond donors (Lipinski definition) is 0. The van der Waals surface area contributed by atoms with Crippen LogP contribution >= 0.6 is 0 Å². The fourth-order valence-electron chi connectivity index (χ4n) is 6.59. The Labute approximate surface area is 264 Å². The summed E-state index contributed by atoms with van der Waals surface area (Å²) in [7, 11) is -2.36. The number of anilines is 2. The second-order valence-electron chi connectivity index (χ2n) is 14.2. The SMILES string of the molecule is CC[Si](CC)(CC)C1=C[C@@H](C(=O)N(c2ccccc2)c2ccccc2)C2(CC2)C(C(=O)OC(C)(C)C)=C1C(=O)OC(C)(C)C. The van der Waals surface area contributed by atoms with Crippen LogP contribution in [0.5, 0.6) is 0 Å². The molecule has 0 heterocycles. The minimum atomic E-state index is -2.36. The molecule has 0 unspecified atom stereocenters. The number of carbonyl (C=O) groups is 3. The summed E-state index contributed by atoms with van der Waals surface area (Å²) in [6.45, 7) is 17.5. The number of nitrogens with zero attached hydrogens (tertiary/aromatic N) is 1. The summed E-state index contributed by atoms with van der Waals surface area (Å²) in [5.74, 6) is -1.80. The van der Waals surface area contributed by atoms with Gasteiger partial charge in [-0.1, -0.05) is 81.4 Å². The lowest BCUT2D eigenvalue weighted by atomic mass is 9.74. The van der Waals surface area contributed by atoms with E-state index in [1.165, 1.54) is 0 Å². The molecule has 0 aromatic heterocycles. The maximum absolute atomic E-state index is 15.1. The number of hydrogen-bond acceptors (Lipinski definition) is 5. The normalized spacial score (nSPS) is 18.0. The summed E-state index contributed by atoms with van der Waals surface area (Å²) in [4.78, 5) is 45.4. The van der Waals surface area contributed by atoms with Crippen LogP contribution in [0.15, 0.2) is 83.1 Å². The molecule has 0 radical (unpaired) electrons. The summed E-state index contributed by atoms with van der Waals surface area (Å²) in [5, 5.41) is 0.858. The molecule has 4 rings (SSSR count). The van der Waals surface area contributed by atoms with E-state index in [1.807, 2.05) is 102 Å². The Morgan fingerprint density at radius 3 is 1.57 bits per heavy atom. The Balaban J connectivity index is 2.03. The third kappa shape index (κ3) is 6.63. The number of ether oxygens (including phenoxy) is 2. The third-order valence-corrected chi connectivity index (χ3v) is 14.7. The molecule has 0 saturated heterocycles. The van der Waals surface area contributed by atoms with Crippen LogP contribution in [-0.4, -0.2) is 37.1 Å². The van der Waals surface area contributed by atoms with Crippen molar-refractivity contribution in [3.05, 3.63) is 83.1 Å². The number of para-hydroxylation sites is 2. The van der Waals surface area contributed by atoms with Crippen LogP contribution in [0.2, 0.25) is 18.1 Å². The van der Waals surface area contributed by atoms with Gasteiger partial charge in [-0.05, 0) is 83.8 Å². The van der Waals surface area contributed by atoms with Crippen molar-refractivity contribution in [2.45, 2.75) is 104 Å². The highest BCUT2D eigenvalue weighted by Gasteiger charge is 2.62. The van der Waals surface area contributed by atoms with Gasteiger partial charge in [0.05, 0.1) is 25.1 Å². The highest BCUT2D eigenvalue weighted by molar-refractivity contribution is 6.87. The smallest absolute Gasteiger partial charge is 0.339 e. The zero-order chi connectivity index (χ0) is 32.5. The molecule has 2 aliphatic carbocycles. The van der Waals surface area contributed by atoms with Gasteiger partial charge in [0.15, 0.2) is 0 Å². The van der Waals surface area contributed by atoms with E-state index in [9.17, 15) is 9.59 Å². The minimum Gasteiger partial charge on any atom is -0.457 e. The molecule has 1 fully saturated rings. The topological polar surface area (TPSA) is 72.9 Å². The first-order chi connectivity index (χ1) is 20.6. The summed E-state index contributed by atoms with van der Waals surface area (Å²) < 4.78 is 12.1. The molecule has 0 aliphatic heterocycles. The van der Waals surface area contributed by atoms with Crippen molar-refractivity contribution in [3.8, 4) is 0 Å². The first kappa shape index (κ1) is 33.4. The third-order valence-electron chi connectivity index (χ3n) is 9.06. The molecular weight excluding hydrogens is 566 g/mol. The second kappa shape index (κ2) is 12.5. The second-order valence-corrected chi connectivity index (χ2v) is 19.4. The standard InChI is InChI=1S/C37H49NO5Si/c1-10-44(11-2,12-3)29-25-28(32(39)38(26-19-15-13-16-20-26)27-21-17-14-18-22-27)37(23-24-37)31(34(41)43-36(7,8)9)30(29)33(40)42-35(4,5)6/h13-22,25,28H,10-12,23-24H2,1-9H3/t28-/m0/s1. The molecule has 7 heteroatoms. The van der Waals surface area contributed by atoms with Crippen molar-refractivity contribution in [3.63, 3.8) is 0 Å². The Kier molecular flexibility index (Phi) is 9.50. The van der Waals surface area contributed by atoms with Crippen molar-refractivity contribution in [1.82, 2.24) is 0 Å². The molecule has 1 amide bonds. The van der Waals surface area contributed by atoms with Crippen LogP contribution < -0.4 is 4.90 Å². The van der Waals surface area contributed by atoms with Crippen LogP contribution in [0.25, 0.3) is 0 Å². The quantitative estimate of drug-likeness (QED) is 0.208. The number of esters is 2. The number of carbonyl (C=O) groups excluding carboxylic acids is 3. The van der Waals surface area contributed by atoms with Crippen LogP contribution in [-0.2, 0) is 23.9 Å². The van der Waals surface area contributed by atoms with E-state index in [-0.39, 0.29) is 5.91 Å². The van der Waals surface area contributed by atoms with E-state index in [0.29, 0.717) is 24.0 Å². The van der Waals surface area contributed by atoms with Gasteiger partial charge in [-0.3, -0.25) is 9.69 Å². The fraction of sp³-hybridized carbons (Fsp3) is 0.486. The highest BCUT2D eigenvalue weighted by Crippen LogP contribution is 2.63. The molecule has 2 aliphatic rings. The average Bonchev–Trinajstić information content (AvgIpc) is 3.74. The predicted octanol–water partition coefficient (Wildman–Crippen LogP) is 8.72. The van der Waals surface area contributed by atoms with Crippen molar-refractivity contribution >= 4 is 37.3 Å². The van der Waals surface area contributed by atoms with Crippen molar-refractivity contribution in [1.29, 1.82) is 0 Å². The molecule has 0 N–H and O–H groups in total. The molecular formula is C37H49NO5Si. The number of amides is 1. The van der Waals surface area contributed by atoms with E-state index in [0.717, 1.165) is 34.7 Å². The van der Waals surface area contributed by atoms with Gasteiger partial charge in [0.1, 0.15) is 11.2 Å². The predicted molar refractivity (Wildman–Crippen MR) is 179 cm³/mol. The molecule has 236 valence electrons. The van der Waals surface area contributed by atoms with Gasteiger partial charge in [0, 0.05) is 16.8 Å². The van der Waals surface area contributed by atoms with Gasteiger partial charge in [0.2, 0.25) is 5.91 Å². The largest absolute Gasteiger partial charge is 0.457 e. The molecule has 44 heavy (non-hydrogen) atoms. The van der Waals surface area contributed by atoms with Gasteiger partial charge in [-0.2, -0.15) is 0 Å². The number of rotatable bonds is 9. The molecule has 1 atom stereocenters. The Bertz CT molecular complexity index is 1390. The van der Waals surface area contributed by atoms with Gasteiger partial charge in [-0.15, -0.1) is 0 Å². The van der Waals surface area contributed by atoms with Crippen LogP contribution in [0.1, 0.15) is 75.2 Å².